The number of benzene rings is 3. The molecule has 4 rings (SSSR count). The van der Waals surface area contributed by atoms with Crippen molar-refractivity contribution in [3.05, 3.63) is 64.6 Å². The van der Waals surface area contributed by atoms with E-state index in [2.05, 4.69) is 26.6 Å². The van der Waals surface area contributed by atoms with Crippen LogP contribution in [0.5, 0.6) is 11.5 Å². The van der Waals surface area contributed by atoms with Crippen molar-refractivity contribution in [3.63, 3.8) is 0 Å². The van der Waals surface area contributed by atoms with Crippen molar-refractivity contribution < 1.29 is 39.1 Å². The highest BCUT2D eigenvalue weighted by molar-refractivity contribution is 9.10. The fourth-order valence-electron chi connectivity index (χ4n) is 4.16. The van der Waals surface area contributed by atoms with Crippen LogP contribution < -0.4 is 20.1 Å². The minimum absolute atomic E-state index is 0.0999. The van der Waals surface area contributed by atoms with Gasteiger partial charge in [-0.2, -0.15) is 0 Å². The molecule has 1 fully saturated rings. The second-order valence-electron chi connectivity index (χ2n) is 8.55. The van der Waals surface area contributed by atoms with Gasteiger partial charge < -0.3 is 40.2 Å². The van der Waals surface area contributed by atoms with Gasteiger partial charge in [-0.3, -0.25) is 9.59 Å². The summed E-state index contributed by atoms with van der Waals surface area (Å²) in [6.07, 6.45) is -5.47. The van der Waals surface area contributed by atoms with Crippen molar-refractivity contribution in [2.45, 2.75) is 37.6 Å². The van der Waals surface area contributed by atoms with Crippen LogP contribution in [0.4, 0.5) is 5.69 Å². The number of amides is 2. The first-order valence-corrected chi connectivity index (χ1v) is 12.2. The summed E-state index contributed by atoms with van der Waals surface area (Å²) < 4.78 is 17.9. The number of methoxy groups -OCH3 is 1. The normalized spacial score (nSPS) is 23.4. The molecule has 5 atom stereocenters. The second-order valence-corrected chi connectivity index (χ2v) is 9.46. The average molecular weight is 575 g/mol. The van der Waals surface area contributed by atoms with Crippen molar-refractivity contribution in [1.29, 1.82) is 0 Å². The lowest BCUT2D eigenvalue weighted by atomic mass is 9.96. The van der Waals surface area contributed by atoms with Crippen molar-refractivity contribution >= 4 is 44.2 Å². The molecule has 1 aliphatic heterocycles. The molecule has 1 heterocycles. The number of aliphatic hydroxyl groups excluding tert-OH is 3. The van der Waals surface area contributed by atoms with E-state index in [1.807, 2.05) is 18.2 Å². The number of halogens is 1. The zero-order chi connectivity index (χ0) is 26.7. The summed E-state index contributed by atoms with van der Waals surface area (Å²) in [7, 11) is 1.49. The summed E-state index contributed by atoms with van der Waals surface area (Å²) in [5, 5.41) is 37.4. The van der Waals surface area contributed by atoms with Crippen LogP contribution in [0.1, 0.15) is 17.3 Å². The smallest absolute Gasteiger partial charge is 0.259 e. The molecule has 11 heteroatoms. The zero-order valence-electron chi connectivity index (χ0n) is 20.1. The van der Waals surface area contributed by atoms with Crippen LogP contribution in [0.25, 0.3) is 10.8 Å². The molecule has 2 amide bonds. The Bertz CT molecular complexity index is 1300. The van der Waals surface area contributed by atoms with Gasteiger partial charge in [-0.25, -0.2) is 0 Å². The van der Waals surface area contributed by atoms with Gasteiger partial charge in [-0.1, -0.05) is 34.1 Å². The van der Waals surface area contributed by atoms with E-state index in [9.17, 15) is 24.9 Å². The number of hydrogen-bond donors (Lipinski definition) is 5. The van der Waals surface area contributed by atoms with Crippen molar-refractivity contribution in [2.24, 2.45) is 0 Å². The maximum Gasteiger partial charge on any atom is 0.259 e. The zero-order valence-corrected chi connectivity index (χ0v) is 21.6. The predicted molar refractivity (Wildman–Crippen MR) is 139 cm³/mol. The topological polar surface area (TPSA) is 147 Å². The molecule has 3 aromatic carbocycles. The number of para-hydroxylation sites is 2. The van der Waals surface area contributed by atoms with Gasteiger partial charge in [0, 0.05) is 11.4 Å². The molecule has 3 aromatic rings. The molecule has 37 heavy (non-hydrogen) atoms. The largest absolute Gasteiger partial charge is 0.495 e. The number of carbonyl (C=O) groups is 2. The second kappa shape index (κ2) is 11.4. The third-order valence-electron chi connectivity index (χ3n) is 5.99. The summed E-state index contributed by atoms with van der Waals surface area (Å²) >= 11 is 3.44. The molecule has 0 aromatic heterocycles. The molecule has 0 bridgehead atoms. The Morgan fingerprint density at radius 2 is 1.78 bits per heavy atom. The van der Waals surface area contributed by atoms with E-state index in [4.69, 9.17) is 14.2 Å². The molecule has 10 nitrogen and oxygen atoms in total. The van der Waals surface area contributed by atoms with Crippen molar-refractivity contribution in [1.82, 2.24) is 5.32 Å². The van der Waals surface area contributed by atoms with Crippen LogP contribution in [-0.4, -0.2) is 71.5 Å². The highest BCUT2D eigenvalue weighted by Crippen LogP contribution is 2.33. The maximum absolute atomic E-state index is 13.5. The summed E-state index contributed by atoms with van der Waals surface area (Å²) in [5.74, 6) is -0.435. The highest BCUT2D eigenvalue weighted by atomic mass is 79.9. The lowest BCUT2D eigenvalue weighted by Gasteiger charge is -2.42. The van der Waals surface area contributed by atoms with E-state index in [1.54, 1.807) is 36.4 Å². The van der Waals surface area contributed by atoms with Crippen LogP contribution in [0.3, 0.4) is 0 Å². The predicted octanol–water partition coefficient (Wildman–Crippen LogP) is 2.19. The standard InChI is InChI=1S/C26H27BrN2O8/c1-13(31)28-22-24(33)23(32)21(12-30)37-26(22)36-20-11-14-7-8-16(27)9-15(14)10-17(20)25(34)29-18-5-3-4-6-19(18)35-2/h3-11,21-24,26,30,32-33H,12H2,1-2H3,(H,28,31)(H,29,34)/t21-,22+,23+,24+,26-/m1/s1. The Hall–Kier alpha value is -3.22. The van der Waals surface area contributed by atoms with Gasteiger partial charge in [0.2, 0.25) is 12.2 Å². The number of carbonyl (C=O) groups excluding carboxylic acids is 2. The van der Waals surface area contributed by atoms with E-state index in [0.717, 1.165) is 15.2 Å². The average Bonchev–Trinajstić information content (AvgIpc) is 2.88. The number of hydrogen-bond acceptors (Lipinski definition) is 8. The van der Waals surface area contributed by atoms with Gasteiger partial charge in [0.05, 0.1) is 25.0 Å². The number of fused-ring (bicyclic) bond motifs is 1. The molecular formula is C26H27BrN2O8. The van der Waals surface area contributed by atoms with E-state index < -0.39 is 49.1 Å². The third kappa shape index (κ3) is 5.86. The molecule has 196 valence electrons. The molecule has 5 N–H and O–H groups in total. The molecule has 0 radical (unpaired) electrons. The lowest BCUT2D eigenvalue weighted by molar-refractivity contribution is -0.244. The SMILES string of the molecule is COc1ccccc1NC(=O)c1cc2cc(Br)ccc2cc1O[C@@H]1O[C@H](CO)[C@H](O)[C@@H](O)[C@@H]1NC(C)=O. The fourth-order valence-corrected chi connectivity index (χ4v) is 4.54. The molecule has 0 aliphatic carbocycles. The molecule has 0 unspecified atom stereocenters. The summed E-state index contributed by atoms with van der Waals surface area (Å²) in [5.41, 5.74) is 0.585. The number of rotatable bonds is 7. The van der Waals surface area contributed by atoms with Crippen LogP contribution >= 0.6 is 15.9 Å². The van der Waals surface area contributed by atoms with Crippen molar-refractivity contribution in [3.8, 4) is 11.5 Å². The Morgan fingerprint density at radius 3 is 2.49 bits per heavy atom. The molecule has 0 saturated carbocycles. The van der Waals surface area contributed by atoms with Crippen LogP contribution in [0.15, 0.2) is 59.1 Å². The highest BCUT2D eigenvalue weighted by Gasteiger charge is 2.46. The summed E-state index contributed by atoms with van der Waals surface area (Å²) in [4.78, 5) is 25.3. The van der Waals surface area contributed by atoms with Crippen molar-refractivity contribution in [2.75, 3.05) is 19.0 Å². The van der Waals surface area contributed by atoms with Gasteiger partial charge >= 0.3 is 0 Å². The first-order chi connectivity index (χ1) is 17.7. The van der Waals surface area contributed by atoms with Gasteiger partial charge in [-0.15, -0.1) is 0 Å². The molecule has 1 saturated heterocycles. The van der Waals surface area contributed by atoms with E-state index >= 15 is 0 Å². The first kappa shape index (κ1) is 26.8. The molecule has 1 aliphatic rings. The minimum Gasteiger partial charge on any atom is -0.495 e. The Labute approximate surface area is 221 Å². The van der Waals surface area contributed by atoms with Crippen LogP contribution in [0, 0.1) is 0 Å². The number of aliphatic hydroxyl groups is 3. The van der Waals surface area contributed by atoms with E-state index in [1.165, 1.54) is 14.0 Å². The van der Waals surface area contributed by atoms with E-state index in [-0.39, 0.29) is 11.3 Å². The molecule has 0 spiro atoms. The van der Waals surface area contributed by atoms with Gasteiger partial charge in [-0.05, 0) is 47.2 Å². The quantitative estimate of drug-likeness (QED) is 0.288. The fraction of sp³-hybridized carbons (Fsp3) is 0.308. The van der Waals surface area contributed by atoms with E-state index in [0.29, 0.717) is 11.4 Å². The minimum atomic E-state index is -1.50. The number of anilines is 1. The van der Waals surface area contributed by atoms with Gasteiger partial charge in [0.15, 0.2) is 0 Å². The first-order valence-electron chi connectivity index (χ1n) is 11.5. The number of ether oxygens (including phenoxy) is 3. The van der Waals surface area contributed by atoms with Crippen LogP contribution in [0.2, 0.25) is 0 Å². The Kier molecular flexibility index (Phi) is 8.30. The van der Waals surface area contributed by atoms with Gasteiger partial charge in [0.1, 0.15) is 35.9 Å². The number of nitrogens with one attached hydrogen (secondary N) is 2. The Morgan fingerprint density at radius 1 is 1.03 bits per heavy atom. The summed E-state index contributed by atoms with van der Waals surface area (Å²) in [6, 6.07) is 14.5. The monoisotopic (exact) mass is 574 g/mol. The van der Waals surface area contributed by atoms with Gasteiger partial charge in [0.25, 0.3) is 5.91 Å². The third-order valence-corrected chi connectivity index (χ3v) is 6.49. The van der Waals surface area contributed by atoms with Crippen LogP contribution in [-0.2, 0) is 9.53 Å². The maximum atomic E-state index is 13.5. The molecular weight excluding hydrogens is 548 g/mol. The lowest BCUT2D eigenvalue weighted by Crippen LogP contribution is -2.65. The summed E-state index contributed by atoms with van der Waals surface area (Å²) in [6.45, 7) is 0.645. The Balaban J connectivity index is 1.75.